The monoisotopic (exact) mass is 352 g/mol. The summed E-state index contributed by atoms with van der Waals surface area (Å²) in [4.78, 5) is 2.26. The molecular weight excluding hydrogens is 324 g/mol. The minimum absolute atomic E-state index is 0.477. The summed E-state index contributed by atoms with van der Waals surface area (Å²) in [7, 11) is 0. The first-order chi connectivity index (χ1) is 11.5. The van der Waals surface area contributed by atoms with Crippen LogP contribution < -0.4 is 0 Å². The van der Waals surface area contributed by atoms with Gasteiger partial charge in [-0.05, 0) is 42.5 Å². The maximum Gasteiger partial charge on any atom is 0.0992 e. The zero-order valence-corrected chi connectivity index (χ0v) is 15.9. The second-order valence-corrected chi connectivity index (χ2v) is 6.45. The Hall–Kier alpha value is -1.12. The molecule has 5 heteroatoms. The molecule has 0 spiro atoms. The van der Waals surface area contributed by atoms with Crippen LogP contribution in [0.2, 0.25) is 5.02 Å². The number of rotatable bonds is 6. The molecule has 134 valence electrons. The zero-order chi connectivity index (χ0) is 18.1. The fourth-order valence-electron chi connectivity index (χ4n) is 3.00. The molecule has 2 rings (SSSR count). The van der Waals surface area contributed by atoms with Crippen LogP contribution >= 0.6 is 11.6 Å². The molecule has 1 aromatic rings. The van der Waals surface area contributed by atoms with Crippen molar-refractivity contribution in [3.63, 3.8) is 0 Å². The first-order valence-corrected chi connectivity index (χ1v) is 9.10. The van der Waals surface area contributed by atoms with Gasteiger partial charge in [0.25, 0.3) is 0 Å². The van der Waals surface area contributed by atoms with Crippen molar-refractivity contribution in [1.29, 1.82) is 5.26 Å². The van der Waals surface area contributed by atoms with Crippen LogP contribution in [0.1, 0.15) is 44.9 Å². The van der Waals surface area contributed by atoms with Crippen LogP contribution in [-0.2, 0) is 4.74 Å². The van der Waals surface area contributed by atoms with E-state index in [1.165, 1.54) is 0 Å². The molecule has 24 heavy (non-hydrogen) atoms. The van der Waals surface area contributed by atoms with Crippen LogP contribution in [0.5, 0.6) is 0 Å². The molecule has 0 saturated carbocycles. The number of hydrogen-bond acceptors (Lipinski definition) is 4. The van der Waals surface area contributed by atoms with E-state index in [9.17, 15) is 5.11 Å². The average Bonchev–Trinajstić information content (AvgIpc) is 2.93. The molecule has 0 aliphatic carbocycles. The largest absolute Gasteiger partial charge is 0.387 e. The van der Waals surface area contributed by atoms with Crippen LogP contribution in [0.25, 0.3) is 0 Å². The smallest absolute Gasteiger partial charge is 0.0992 e. The molecule has 0 radical (unpaired) electrons. The van der Waals surface area contributed by atoms with Crippen LogP contribution in [0, 0.1) is 23.2 Å². The lowest BCUT2D eigenvalue weighted by molar-refractivity contribution is 0.0951. The van der Waals surface area contributed by atoms with Crippen LogP contribution in [0.3, 0.4) is 0 Å². The highest BCUT2D eigenvalue weighted by molar-refractivity contribution is 6.30. The third-order valence-electron chi connectivity index (χ3n) is 4.24. The van der Waals surface area contributed by atoms with Gasteiger partial charge in [0.2, 0.25) is 0 Å². The molecule has 1 saturated heterocycles. The standard InChI is InChI=1S/C17H23ClN2O2.C2H6/c1-3-22-11-15-9-20(8-12(15)2)10-17(21)14-4-13(7-19)5-16(18)6-14;1-2/h4-6,12,15,17,21H,3,8-11H2,1-2H3;1-2H3. The highest BCUT2D eigenvalue weighted by atomic mass is 35.5. The molecule has 3 atom stereocenters. The Morgan fingerprint density at radius 2 is 2.08 bits per heavy atom. The molecule has 1 fully saturated rings. The third-order valence-corrected chi connectivity index (χ3v) is 4.46. The summed E-state index contributed by atoms with van der Waals surface area (Å²) in [5.74, 6) is 1.08. The minimum atomic E-state index is -0.635. The van der Waals surface area contributed by atoms with Gasteiger partial charge in [0.05, 0.1) is 24.3 Å². The summed E-state index contributed by atoms with van der Waals surface area (Å²) in [6.07, 6.45) is -0.635. The fourth-order valence-corrected chi connectivity index (χ4v) is 3.24. The SMILES string of the molecule is CC.CCOCC1CN(CC(O)c2cc(Cl)cc(C#N)c2)CC1C. The number of aliphatic hydroxyl groups is 1. The van der Waals surface area contributed by atoms with Gasteiger partial charge in [0, 0.05) is 31.3 Å². The van der Waals surface area contributed by atoms with Crippen molar-refractivity contribution < 1.29 is 9.84 Å². The van der Waals surface area contributed by atoms with E-state index in [-0.39, 0.29) is 0 Å². The molecule has 4 nitrogen and oxygen atoms in total. The predicted molar refractivity (Wildman–Crippen MR) is 98.1 cm³/mol. The number of aliphatic hydroxyl groups excluding tert-OH is 1. The lowest BCUT2D eigenvalue weighted by atomic mass is 9.99. The summed E-state index contributed by atoms with van der Waals surface area (Å²) in [5.41, 5.74) is 1.18. The van der Waals surface area contributed by atoms with E-state index >= 15 is 0 Å². The molecule has 3 unspecified atom stereocenters. The minimum Gasteiger partial charge on any atom is -0.387 e. The van der Waals surface area contributed by atoms with Gasteiger partial charge >= 0.3 is 0 Å². The maximum atomic E-state index is 10.4. The molecule has 1 N–H and O–H groups in total. The molecule has 1 aliphatic rings. The highest BCUT2D eigenvalue weighted by Gasteiger charge is 2.30. The van der Waals surface area contributed by atoms with Gasteiger partial charge in [-0.25, -0.2) is 0 Å². The first kappa shape index (κ1) is 20.9. The predicted octanol–water partition coefficient (Wildman–Crippen LogP) is 3.88. The fraction of sp³-hybridized carbons (Fsp3) is 0.632. The number of hydrogen-bond donors (Lipinski definition) is 1. The van der Waals surface area contributed by atoms with Crippen molar-refractivity contribution in [1.82, 2.24) is 4.90 Å². The van der Waals surface area contributed by atoms with Crippen LogP contribution in [0.15, 0.2) is 18.2 Å². The number of benzene rings is 1. The van der Waals surface area contributed by atoms with Crippen molar-refractivity contribution in [2.45, 2.75) is 33.8 Å². The van der Waals surface area contributed by atoms with E-state index in [4.69, 9.17) is 21.6 Å². The van der Waals surface area contributed by atoms with Gasteiger partial charge in [0.15, 0.2) is 0 Å². The Morgan fingerprint density at radius 3 is 2.71 bits per heavy atom. The van der Waals surface area contributed by atoms with Crippen molar-refractivity contribution in [2.75, 3.05) is 32.8 Å². The number of nitrogens with zero attached hydrogens (tertiary/aromatic N) is 2. The quantitative estimate of drug-likeness (QED) is 0.844. The van der Waals surface area contributed by atoms with E-state index < -0.39 is 6.10 Å². The second-order valence-electron chi connectivity index (χ2n) is 6.02. The number of nitriles is 1. The van der Waals surface area contributed by atoms with E-state index in [1.54, 1.807) is 18.2 Å². The number of halogens is 1. The van der Waals surface area contributed by atoms with E-state index in [2.05, 4.69) is 17.9 Å². The van der Waals surface area contributed by atoms with Crippen LogP contribution in [0.4, 0.5) is 0 Å². The van der Waals surface area contributed by atoms with Crippen LogP contribution in [-0.4, -0.2) is 42.9 Å². The van der Waals surface area contributed by atoms with Gasteiger partial charge in [-0.1, -0.05) is 32.4 Å². The Kier molecular flexibility index (Phi) is 9.31. The summed E-state index contributed by atoms with van der Waals surface area (Å²) in [5, 5.41) is 19.9. The molecule has 0 bridgehead atoms. The topological polar surface area (TPSA) is 56.5 Å². The lowest BCUT2D eigenvalue weighted by Gasteiger charge is -2.20. The second kappa shape index (κ2) is 10.7. The molecular formula is C19H29ClN2O2. The van der Waals surface area contributed by atoms with Gasteiger partial charge in [-0.15, -0.1) is 0 Å². The molecule has 0 amide bonds. The number of ether oxygens (including phenoxy) is 1. The summed E-state index contributed by atoms with van der Waals surface area (Å²) < 4.78 is 5.53. The average molecular weight is 353 g/mol. The Labute approximate surface area is 151 Å². The molecule has 1 aromatic carbocycles. The summed E-state index contributed by atoms with van der Waals surface area (Å²) in [6.45, 7) is 12.2. The van der Waals surface area contributed by atoms with Crippen molar-refractivity contribution in [3.8, 4) is 6.07 Å². The first-order valence-electron chi connectivity index (χ1n) is 8.72. The van der Waals surface area contributed by atoms with Gasteiger partial charge in [0.1, 0.15) is 0 Å². The Morgan fingerprint density at radius 1 is 1.38 bits per heavy atom. The van der Waals surface area contributed by atoms with E-state index in [1.807, 2.05) is 20.8 Å². The Bertz CT molecular complexity index is 545. The normalized spacial score (nSPS) is 21.7. The van der Waals surface area contributed by atoms with Crippen molar-refractivity contribution in [2.24, 2.45) is 11.8 Å². The van der Waals surface area contributed by atoms with E-state index in [0.29, 0.717) is 34.5 Å². The zero-order valence-electron chi connectivity index (χ0n) is 15.1. The van der Waals surface area contributed by atoms with Gasteiger partial charge in [-0.2, -0.15) is 5.26 Å². The van der Waals surface area contributed by atoms with E-state index in [0.717, 1.165) is 26.3 Å². The number of β-amino-alcohol motifs (C(OH)–C–C–N with tert-alkyl or cyclic N) is 1. The molecule has 1 aliphatic heterocycles. The molecule has 0 aromatic heterocycles. The number of likely N-dealkylation sites (tertiary alicyclic amines) is 1. The third kappa shape index (κ3) is 6.07. The summed E-state index contributed by atoms with van der Waals surface area (Å²) >= 11 is 6.00. The van der Waals surface area contributed by atoms with Crippen molar-refractivity contribution >= 4 is 11.6 Å². The summed E-state index contributed by atoms with van der Waals surface area (Å²) in [6, 6.07) is 7.10. The van der Waals surface area contributed by atoms with Gasteiger partial charge in [-0.3, -0.25) is 4.90 Å². The lowest BCUT2D eigenvalue weighted by Crippen LogP contribution is -2.27. The molecule has 1 heterocycles. The van der Waals surface area contributed by atoms with Crippen molar-refractivity contribution in [3.05, 3.63) is 34.3 Å². The highest BCUT2D eigenvalue weighted by Crippen LogP contribution is 2.27. The Balaban J connectivity index is 0.00000139. The maximum absolute atomic E-state index is 10.4. The van der Waals surface area contributed by atoms with Gasteiger partial charge < -0.3 is 9.84 Å².